The number of rotatable bonds is 6. The van der Waals surface area contributed by atoms with Crippen LogP contribution in [0.4, 0.5) is 0 Å². The number of pyridine rings is 1. The quantitative estimate of drug-likeness (QED) is 0.817. The van der Waals surface area contributed by atoms with Crippen LogP contribution in [0.15, 0.2) is 35.2 Å². The first-order valence-electron chi connectivity index (χ1n) is 6.59. The maximum absolute atomic E-state index is 12.3. The zero-order valence-electron chi connectivity index (χ0n) is 11.8. The number of aromatic nitrogens is 1. The Kier molecular flexibility index (Phi) is 5.48. The van der Waals surface area contributed by atoms with Crippen LogP contribution >= 0.6 is 23.4 Å². The Morgan fingerprint density at radius 1 is 1.33 bits per heavy atom. The number of nitrogens with one attached hydrogen (secondary N) is 1. The third-order valence-corrected chi connectivity index (χ3v) is 5.81. The monoisotopic (exact) mass is 344 g/mol. The Morgan fingerprint density at radius 2 is 2.10 bits per heavy atom. The van der Waals surface area contributed by atoms with Crippen molar-refractivity contribution in [2.45, 2.75) is 24.8 Å². The average Bonchev–Trinajstić information content (AvgIpc) is 2.44. The minimum absolute atomic E-state index is 0.112. The highest BCUT2D eigenvalue weighted by Crippen LogP contribution is 2.20. The Labute approximate surface area is 134 Å². The molecule has 114 valence electrons. The fourth-order valence-electron chi connectivity index (χ4n) is 1.91. The fourth-order valence-corrected chi connectivity index (χ4v) is 4.12. The molecule has 0 saturated heterocycles. The molecule has 0 aliphatic carbocycles. The maximum Gasteiger partial charge on any atom is 0.240 e. The van der Waals surface area contributed by atoms with Crippen molar-refractivity contribution in [1.82, 2.24) is 9.71 Å². The lowest BCUT2D eigenvalue weighted by atomic mass is 10.2. The van der Waals surface area contributed by atoms with E-state index in [2.05, 4.69) is 9.71 Å². The Morgan fingerprint density at radius 3 is 2.81 bits per heavy atom. The first kappa shape index (κ1) is 16.5. The third kappa shape index (κ3) is 4.32. The van der Waals surface area contributed by atoms with E-state index in [4.69, 9.17) is 11.6 Å². The van der Waals surface area contributed by atoms with Crippen molar-refractivity contribution >= 4 is 44.3 Å². The van der Waals surface area contributed by atoms with Gasteiger partial charge >= 0.3 is 0 Å². The molecule has 0 fully saturated rings. The number of benzene rings is 1. The van der Waals surface area contributed by atoms with Gasteiger partial charge in [-0.25, -0.2) is 18.1 Å². The molecule has 1 aromatic heterocycles. The van der Waals surface area contributed by atoms with Crippen LogP contribution in [0, 0.1) is 0 Å². The lowest BCUT2D eigenvalue weighted by molar-refractivity contribution is 0.571. The molecule has 2 aromatic rings. The summed E-state index contributed by atoms with van der Waals surface area (Å²) < 4.78 is 27.4. The van der Waals surface area contributed by atoms with Crippen LogP contribution in [0.25, 0.3) is 10.9 Å². The second-order valence-electron chi connectivity index (χ2n) is 4.67. The SMILES string of the molecule is CCSCC(C)NS(=O)(=O)c1ccc2nc(Cl)ccc2c1. The first-order chi connectivity index (χ1) is 9.92. The molecule has 0 bridgehead atoms. The zero-order chi connectivity index (χ0) is 15.5. The van der Waals surface area contributed by atoms with E-state index < -0.39 is 10.0 Å². The van der Waals surface area contributed by atoms with Gasteiger partial charge in [0, 0.05) is 17.2 Å². The van der Waals surface area contributed by atoms with Crippen LogP contribution in [0.2, 0.25) is 5.15 Å². The molecule has 2 rings (SSSR count). The van der Waals surface area contributed by atoms with Gasteiger partial charge in [0.05, 0.1) is 10.4 Å². The summed E-state index contributed by atoms with van der Waals surface area (Å²) in [6.07, 6.45) is 0. The highest BCUT2D eigenvalue weighted by Gasteiger charge is 2.17. The molecule has 0 radical (unpaired) electrons. The van der Waals surface area contributed by atoms with Gasteiger partial charge in [0.15, 0.2) is 0 Å². The molecule has 1 unspecified atom stereocenters. The smallest absolute Gasteiger partial charge is 0.236 e. The van der Waals surface area contributed by atoms with Crippen molar-refractivity contribution in [3.8, 4) is 0 Å². The van der Waals surface area contributed by atoms with Gasteiger partial charge in [-0.2, -0.15) is 11.8 Å². The largest absolute Gasteiger partial charge is 0.240 e. The number of thioether (sulfide) groups is 1. The van der Waals surface area contributed by atoms with Gasteiger partial charge in [0.2, 0.25) is 10.0 Å². The summed E-state index contributed by atoms with van der Waals surface area (Å²) in [6.45, 7) is 3.91. The van der Waals surface area contributed by atoms with Crippen LogP contribution in [0.3, 0.4) is 0 Å². The van der Waals surface area contributed by atoms with Crippen LogP contribution in [-0.4, -0.2) is 30.9 Å². The number of hydrogen-bond acceptors (Lipinski definition) is 4. The minimum atomic E-state index is -3.52. The Balaban J connectivity index is 2.25. The topological polar surface area (TPSA) is 59.1 Å². The predicted octanol–water partition coefficient (Wildman–Crippen LogP) is 3.31. The zero-order valence-corrected chi connectivity index (χ0v) is 14.2. The molecule has 21 heavy (non-hydrogen) atoms. The molecule has 1 aromatic carbocycles. The van der Waals surface area contributed by atoms with E-state index in [1.807, 2.05) is 13.8 Å². The maximum atomic E-state index is 12.3. The van der Waals surface area contributed by atoms with Gasteiger partial charge in [-0.1, -0.05) is 18.5 Å². The van der Waals surface area contributed by atoms with Crippen molar-refractivity contribution in [3.63, 3.8) is 0 Å². The molecular weight excluding hydrogens is 328 g/mol. The molecule has 7 heteroatoms. The Hall–Kier alpha value is -0.820. The van der Waals surface area contributed by atoms with Gasteiger partial charge in [0.1, 0.15) is 5.15 Å². The van der Waals surface area contributed by atoms with Crippen molar-refractivity contribution in [2.24, 2.45) is 0 Å². The van der Waals surface area contributed by atoms with E-state index in [9.17, 15) is 8.42 Å². The molecule has 4 nitrogen and oxygen atoms in total. The van der Waals surface area contributed by atoms with Gasteiger partial charge in [-0.15, -0.1) is 0 Å². The summed E-state index contributed by atoms with van der Waals surface area (Å²) in [5.41, 5.74) is 0.677. The molecule has 1 atom stereocenters. The Bertz CT molecular complexity index is 735. The van der Waals surface area contributed by atoms with E-state index in [1.165, 1.54) is 0 Å². The van der Waals surface area contributed by atoms with Crippen LogP contribution < -0.4 is 4.72 Å². The summed E-state index contributed by atoms with van der Waals surface area (Å²) in [5.74, 6) is 1.72. The average molecular weight is 345 g/mol. The molecular formula is C14H17ClN2O2S2. The molecule has 0 saturated carbocycles. The summed E-state index contributed by atoms with van der Waals surface area (Å²) in [4.78, 5) is 4.39. The number of halogens is 1. The summed E-state index contributed by atoms with van der Waals surface area (Å²) in [5, 5.41) is 1.14. The molecule has 1 N–H and O–H groups in total. The second-order valence-corrected chi connectivity index (χ2v) is 8.09. The highest BCUT2D eigenvalue weighted by molar-refractivity contribution is 7.99. The molecule has 0 amide bonds. The number of fused-ring (bicyclic) bond motifs is 1. The van der Waals surface area contributed by atoms with Crippen molar-refractivity contribution in [3.05, 3.63) is 35.5 Å². The van der Waals surface area contributed by atoms with E-state index in [0.29, 0.717) is 10.7 Å². The molecule has 1 heterocycles. The fraction of sp³-hybridized carbons (Fsp3) is 0.357. The predicted molar refractivity (Wildman–Crippen MR) is 89.5 cm³/mol. The molecule has 0 aliphatic rings. The third-order valence-electron chi connectivity index (χ3n) is 2.87. The second kappa shape index (κ2) is 6.96. The minimum Gasteiger partial charge on any atom is -0.236 e. The van der Waals surface area contributed by atoms with Gasteiger partial charge < -0.3 is 0 Å². The summed E-state index contributed by atoms with van der Waals surface area (Å²) in [6, 6.07) is 8.13. The van der Waals surface area contributed by atoms with Gasteiger partial charge in [0.25, 0.3) is 0 Å². The van der Waals surface area contributed by atoms with Gasteiger partial charge in [-0.3, -0.25) is 0 Å². The van der Waals surface area contributed by atoms with E-state index in [0.717, 1.165) is 16.9 Å². The van der Waals surface area contributed by atoms with E-state index in [1.54, 1.807) is 42.1 Å². The highest BCUT2D eigenvalue weighted by atomic mass is 35.5. The summed E-state index contributed by atoms with van der Waals surface area (Å²) >= 11 is 7.53. The number of nitrogens with zero attached hydrogens (tertiary/aromatic N) is 1. The van der Waals surface area contributed by atoms with Crippen molar-refractivity contribution in [1.29, 1.82) is 0 Å². The van der Waals surface area contributed by atoms with Crippen LogP contribution in [0.5, 0.6) is 0 Å². The van der Waals surface area contributed by atoms with Crippen LogP contribution in [0.1, 0.15) is 13.8 Å². The van der Waals surface area contributed by atoms with Crippen molar-refractivity contribution < 1.29 is 8.42 Å². The number of sulfonamides is 1. The van der Waals surface area contributed by atoms with Gasteiger partial charge in [-0.05, 0) is 43.0 Å². The number of hydrogen-bond donors (Lipinski definition) is 1. The first-order valence-corrected chi connectivity index (χ1v) is 9.60. The van der Waals surface area contributed by atoms with Crippen molar-refractivity contribution in [2.75, 3.05) is 11.5 Å². The van der Waals surface area contributed by atoms with Crippen LogP contribution in [-0.2, 0) is 10.0 Å². The standard InChI is InChI=1S/C14H17ClN2O2S2/c1-3-20-9-10(2)17-21(18,19)12-5-6-13-11(8-12)4-7-14(15)16-13/h4-8,10,17H,3,9H2,1-2H3. The molecule has 0 aliphatic heterocycles. The molecule has 0 spiro atoms. The lowest BCUT2D eigenvalue weighted by Crippen LogP contribution is -2.34. The van der Waals surface area contributed by atoms with E-state index >= 15 is 0 Å². The summed E-state index contributed by atoms with van der Waals surface area (Å²) in [7, 11) is -3.52. The lowest BCUT2D eigenvalue weighted by Gasteiger charge is -2.13. The van der Waals surface area contributed by atoms with E-state index in [-0.39, 0.29) is 10.9 Å². The normalized spacial score (nSPS) is 13.5.